The molecule has 128 valence electrons. The molecule has 0 bridgehead atoms. The van der Waals surface area contributed by atoms with Crippen molar-refractivity contribution in [3.63, 3.8) is 0 Å². The first kappa shape index (κ1) is 16.7. The van der Waals surface area contributed by atoms with E-state index in [4.69, 9.17) is 10.5 Å². The van der Waals surface area contributed by atoms with Crippen molar-refractivity contribution in [1.29, 1.82) is 0 Å². The molecule has 25 heavy (non-hydrogen) atoms. The Morgan fingerprint density at radius 2 is 2.04 bits per heavy atom. The van der Waals surface area contributed by atoms with Gasteiger partial charge in [0.1, 0.15) is 11.4 Å². The van der Waals surface area contributed by atoms with Crippen molar-refractivity contribution < 1.29 is 14.6 Å². The van der Waals surface area contributed by atoms with Gasteiger partial charge in [-0.3, -0.25) is 9.67 Å². The minimum absolute atomic E-state index is 0.108. The summed E-state index contributed by atoms with van der Waals surface area (Å²) in [7, 11) is 1.61. The smallest absolute Gasteiger partial charge is 0.354 e. The molecular formula is C18H18N4O3. The number of carbonyl (C=O) groups is 1. The minimum atomic E-state index is -1.04. The summed E-state index contributed by atoms with van der Waals surface area (Å²) in [5.74, 6) is -0.321. The molecule has 0 radical (unpaired) electrons. The van der Waals surface area contributed by atoms with Crippen LogP contribution in [-0.4, -0.2) is 39.5 Å². The number of aromatic carboxylic acids is 1. The van der Waals surface area contributed by atoms with Gasteiger partial charge in [-0.2, -0.15) is 5.10 Å². The largest absolute Gasteiger partial charge is 0.496 e. The number of pyridine rings is 1. The van der Waals surface area contributed by atoms with Gasteiger partial charge in [0.25, 0.3) is 0 Å². The SMILES string of the molecule is COc1ccccc1-c1cc(-c2cc(C(=O)O)n(CCN)n2)ccn1. The average molecular weight is 338 g/mol. The number of para-hydroxylation sites is 1. The Balaban J connectivity index is 2.05. The van der Waals surface area contributed by atoms with Gasteiger partial charge in [-0.25, -0.2) is 4.79 Å². The summed E-state index contributed by atoms with van der Waals surface area (Å²) < 4.78 is 6.78. The van der Waals surface area contributed by atoms with E-state index in [1.54, 1.807) is 25.4 Å². The Bertz CT molecular complexity index is 905. The fourth-order valence-electron chi connectivity index (χ4n) is 2.62. The first-order valence-electron chi connectivity index (χ1n) is 7.75. The summed E-state index contributed by atoms with van der Waals surface area (Å²) in [6.45, 7) is 0.649. The molecule has 7 nitrogen and oxygen atoms in total. The zero-order chi connectivity index (χ0) is 17.8. The summed E-state index contributed by atoms with van der Waals surface area (Å²) in [6, 6.07) is 12.8. The maximum Gasteiger partial charge on any atom is 0.354 e. The van der Waals surface area contributed by atoms with Crippen molar-refractivity contribution in [2.24, 2.45) is 5.73 Å². The summed E-state index contributed by atoms with van der Waals surface area (Å²) in [5.41, 5.74) is 8.55. The van der Waals surface area contributed by atoms with Crippen molar-refractivity contribution in [1.82, 2.24) is 14.8 Å². The zero-order valence-electron chi connectivity index (χ0n) is 13.7. The topological polar surface area (TPSA) is 103 Å². The monoisotopic (exact) mass is 338 g/mol. The molecule has 0 unspecified atom stereocenters. The fourth-order valence-corrected chi connectivity index (χ4v) is 2.62. The lowest BCUT2D eigenvalue weighted by Gasteiger charge is -2.08. The van der Waals surface area contributed by atoms with E-state index in [-0.39, 0.29) is 5.69 Å². The van der Waals surface area contributed by atoms with Crippen LogP contribution in [-0.2, 0) is 6.54 Å². The second-order valence-electron chi connectivity index (χ2n) is 5.36. The molecule has 0 aliphatic carbocycles. The van der Waals surface area contributed by atoms with Gasteiger partial charge in [-0.1, -0.05) is 12.1 Å². The van der Waals surface area contributed by atoms with E-state index >= 15 is 0 Å². The summed E-state index contributed by atoms with van der Waals surface area (Å²) in [6.07, 6.45) is 1.67. The number of rotatable bonds is 6. The van der Waals surface area contributed by atoms with Crippen LogP contribution in [0, 0.1) is 0 Å². The van der Waals surface area contributed by atoms with Crippen molar-refractivity contribution >= 4 is 5.97 Å². The molecule has 0 aliphatic rings. The van der Waals surface area contributed by atoms with Crippen molar-refractivity contribution in [2.45, 2.75) is 6.54 Å². The van der Waals surface area contributed by atoms with Gasteiger partial charge in [-0.15, -0.1) is 0 Å². The molecule has 0 fully saturated rings. The molecule has 0 atom stereocenters. The highest BCUT2D eigenvalue weighted by atomic mass is 16.5. The van der Waals surface area contributed by atoms with Crippen molar-refractivity contribution in [2.75, 3.05) is 13.7 Å². The molecule has 0 saturated carbocycles. The van der Waals surface area contributed by atoms with Gasteiger partial charge in [0.2, 0.25) is 0 Å². The van der Waals surface area contributed by atoms with Gasteiger partial charge >= 0.3 is 5.97 Å². The van der Waals surface area contributed by atoms with Gasteiger partial charge in [0.15, 0.2) is 0 Å². The predicted octanol–water partition coefficient (Wildman–Crippen LogP) is 2.28. The van der Waals surface area contributed by atoms with Gasteiger partial charge in [-0.05, 0) is 30.3 Å². The first-order chi connectivity index (χ1) is 12.1. The van der Waals surface area contributed by atoms with Crippen LogP contribution in [0.4, 0.5) is 0 Å². The predicted molar refractivity (Wildman–Crippen MR) is 93.5 cm³/mol. The molecule has 0 aliphatic heterocycles. The van der Waals surface area contributed by atoms with Gasteiger partial charge < -0.3 is 15.6 Å². The average Bonchev–Trinajstić information content (AvgIpc) is 3.06. The van der Waals surface area contributed by atoms with Crippen LogP contribution in [0.5, 0.6) is 5.75 Å². The maximum atomic E-state index is 11.4. The molecule has 2 heterocycles. The molecule has 0 saturated heterocycles. The number of hydrogen-bond acceptors (Lipinski definition) is 5. The number of ether oxygens (including phenoxy) is 1. The molecular weight excluding hydrogens is 320 g/mol. The number of methoxy groups -OCH3 is 1. The normalized spacial score (nSPS) is 10.6. The Morgan fingerprint density at radius 3 is 2.76 bits per heavy atom. The molecule has 2 aromatic heterocycles. The summed E-state index contributed by atoms with van der Waals surface area (Å²) in [5, 5.41) is 13.7. The van der Waals surface area contributed by atoms with Crippen molar-refractivity contribution in [3.8, 4) is 28.3 Å². The third-order valence-electron chi connectivity index (χ3n) is 3.78. The molecule has 1 aromatic carbocycles. The summed E-state index contributed by atoms with van der Waals surface area (Å²) in [4.78, 5) is 15.8. The van der Waals surface area contributed by atoms with E-state index in [2.05, 4.69) is 10.1 Å². The number of benzene rings is 1. The third kappa shape index (κ3) is 3.36. The second kappa shape index (κ2) is 7.14. The number of carboxylic acid groups (broad SMARTS) is 1. The maximum absolute atomic E-state index is 11.4. The standard InChI is InChI=1S/C18H18N4O3/c1-25-17-5-3-2-4-13(17)15-10-12(6-8-20-15)14-11-16(18(23)24)22(21-14)9-7-19/h2-6,8,10-11H,7,9,19H2,1H3,(H,23,24). The highest BCUT2D eigenvalue weighted by Gasteiger charge is 2.16. The van der Waals surface area contributed by atoms with Gasteiger partial charge in [0.05, 0.1) is 25.0 Å². The Labute approximate surface area is 144 Å². The molecule has 3 N–H and O–H groups in total. The van der Waals surface area contributed by atoms with Crippen LogP contribution in [0.3, 0.4) is 0 Å². The van der Waals surface area contributed by atoms with E-state index in [0.29, 0.717) is 24.5 Å². The lowest BCUT2D eigenvalue weighted by molar-refractivity contribution is 0.0683. The lowest BCUT2D eigenvalue weighted by atomic mass is 10.1. The molecule has 3 rings (SSSR count). The Kier molecular flexibility index (Phi) is 4.76. The third-order valence-corrected chi connectivity index (χ3v) is 3.78. The molecule has 7 heteroatoms. The van der Waals surface area contributed by atoms with Crippen LogP contribution in [0.2, 0.25) is 0 Å². The number of hydrogen-bond donors (Lipinski definition) is 2. The molecule has 0 amide bonds. The van der Waals surface area contributed by atoms with Gasteiger partial charge in [0, 0.05) is 23.9 Å². The van der Waals surface area contributed by atoms with Crippen LogP contribution in [0.25, 0.3) is 22.5 Å². The minimum Gasteiger partial charge on any atom is -0.496 e. The van der Waals surface area contributed by atoms with Crippen LogP contribution in [0.1, 0.15) is 10.5 Å². The number of nitrogens with two attached hydrogens (primary N) is 1. The van der Waals surface area contributed by atoms with Crippen LogP contribution < -0.4 is 10.5 Å². The number of carboxylic acids is 1. The lowest BCUT2D eigenvalue weighted by Crippen LogP contribution is -2.16. The number of aromatic nitrogens is 3. The van der Waals surface area contributed by atoms with E-state index in [0.717, 1.165) is 16.8 Å². The second-order valence-corrected chi connectivity index (χ2v) is 5.36. The first-order valence-corrected chi connectivity index (χ1v) is 7.75. The molecule has 0 spiro atoms. The van der Waals surface area contributed by atoms with E-state index < -0.39 is 5.97 Å². The van der Waals surface area contributed by atoms with Crippen LogP contribution in [0.15, 0.2) is 48.7 Å². The number of nitrogens with zero attached hydrogens (tertiary/aromatic N) is 3. The van der Waals surface area contributed by atoms with Crippen LogP contribution >= 0.6 is 0 Å². The molecule has 3 aromatic rings. The quantitative estimate of drug-likeness (QED) is 0.715. The zero-order valence-corrected chi connectivity index (χ0v) is 13.7. The van der Waals surface area contributed by atoms with E-state index in [9.17, 15) is 9.90 Å². The Hall–Kier alpha value is -3.19. The fraction of sp³-hybridized carbons (Fsp3) is 0.167. The highest BCUT2D eigenvalue weighted by Crippen LogP contribution is 2.30. The van der Waals surface area contributed by atoms with E-state index in [1.165, 1.54) is 4.68 Å². The van der Waals surface area contributed by atoms with Crippen molar-refractivity contribution in [3.05, 3.63) is 54.4 Å². The Morgan fingerprint density at radius 1 is 1.24 bits per heavy atom. The van der Waals surface area contributed by atoms with E-state index in [1.807, 2.05) is 30.3 Å². The highest BCUT2D eigenvalue weighted by molar-refractivity contribution is 5.87. The summed E-state index contributed by atoms with van der Waals surface area (Å²) >= 11 is 0.